The Labute approximate surface area is 126 Å². The molecule has 0 saturated carbocycles. The first-order chi connectivity index (χ1) is 9.58. The zero-order valence-electron chi connectivity index (χ0n) is 11.3. The maximum Gasteiger partial charge on any atom is 0.402 e. The summed E-state index contributed by atoms with van der Waals surface area (Å²) in [6.07, 6.45) is -3.70. The number of sulfonamides is 1. The molecule has 0 aliphatic carbocycles. The molecule has 2 N–H and O–H groups in total. The normalized spacial score (nSPS) is 12.9. The largest absolute Gasteiger partial charge is 0.402 e. The van der Waals surface area contributed by atoms with Crippen LogP contribution in [0.1, 0.15) is 19.8 Å². The van der Waals surface area contributed by atoms with Gasteiger partial charge in [0.05, 0.1) is 15.6 Å². The van der Waals surface area contributed by atoms with Gasteiger partial charge in [-0.1, -0.05) is 24.9 Å². The van der Waals surface area contributed by atoms with Crippen molar-refractivity contribution in [3.63, 3.8) is 0 Å². The first-order valence-corrected chi connectivity index (χ1v) is 8.01. The van der Waals surface area contributed by atoms with Gasteiger partial charge in [0.15, 0.2) is 0 Å². The molecule has 0 spiro atoms. The Kier molecular flexibility index (Phi) is 5.89. The highest BCUT2D eigenvalue weighted by atomic mass is 35.5. The zero-order chi connectivity index (χ0) is 16.3. The summed E-state index contributed by atoms with van der Waals surface area (Å²) >= 11 is 5.69. The number of nitrogens with zero attached hydrogens (tertiary/aromatic N) is 1. The van der Waals surface area contributed by atoms with Gasteiger partial charge in [0, 0.05) is 6.54 Å². The van der Waals surface area contributed by atoms with E-state index in [4.69, 9.17) is 17.3 Å². The molecule has 0 fully saturated rings. The van der Waals surface area contributed by atoms with Crippen LogP contribution in [0, 0.1) is 0 Å². The molecule has 9 heteroatoms. The van der Waals surface area contributed by atoms with Gasteiger partial charge in [0.1, 0.15) is 6.54 Å². The zero-order valence-corrected chi connectivity index (χ0v) is 12.9. The van der Waals surface area contributed by atoms with Gasteiger partial charge < -0.3 is 5.73 Å². The predicted octanol–water partition coefficient (Wildman–Crippen LogP) is 3.28. The first-order valence-electron chi connectivity index (χ1n) is 6.20. The highest BCUT2D eigenvalue weighted by Crippen LogP contribution is 2.27. The molecule has 1 aromatic rings. The van der Waals surface area contributed by atoms with Crippen LogP contribution >= 0.6 is 11.6 Å². The van der Waals surface area contributed by atoms with Crippen molar-refractivity contribution >= 4 is 27.3 Å². The predicted molar refractivity (Wildman–Crippen MR) is 75.6 cm³/mol. The van der Waals surface area contributed by atoms with E-state index < -0.39 is 22.7 Å². The van der Waals surface area contributed by atoms with Crippen LogP contribution in [0.3, 0.4) is 0 Å². The molecule has 0 atom stereocenters. The molecule has 0 unspecified atom stereocenters. The third-order valence-corrected chi connectivity index (χ3v) is 4.91. The van der Waals surface area contributed by atoms with Crippen molar-refractivity contribution in [3.8, 4) is 0 Å². The first kappa shape index (κ1) is 18.1. The van der Waals surface area contributed by atoms with E-state index in [2.05, 4.69) is 0 Å². The van der Waals surface area contributed by atoms with Crippen molar-refractivity contribution in [2.24, 2.45) is 0 Å². The monoisotopic (exact) mass is 344 g/mol. The molecular weight excluding hydrogens is 329 g/mol. The van der Waals surface area contributed by atoms with Gasteiger partial charge in [-0.3, -0.25) is 0 Å². The van der Waals surface area contributed by atoms with Crippen molar-refractivity contribution in [1.82, 2.24) is 4.31 Å². The topological polar surface area (TPSA) is 63.4 Å². The summed E-state index contributed by atoms with van der Waals surface area (Å²) in [5.74, 6) is 0. The molecule has 120 valence electrons. The number of rotatable bonds is 6. The summed E-state index contributed by atoms with van der Waals surface area (Å²) in [5, 5.41) is 0.143. The van der Waals surface area contributed by atoms with Crippen molar-refractivity contribution in [2.45, 2.75) is 30.8 Å². The molecule has 0 aliphatic rings. The smallest absolute Gasteiger partial charge is 0.397 e. The number of nitrogens with two attached hydrogens (primary N) is 1. The van der Waals surface area contributed by atoms with Crippen LogP contribution in [-0.4, -0.2) is 32.0 Å². The van der Waals surface area contributed by atoms with Crippen molar-refractivity contribution in [3.05, 3.63) is 23.2 Å². The molecule has 4 nitrogen and oxygen atoms in total. The lowest BCUT2D eigenvalue weighted by molar-refractivity contribution is -0.136. The van der Waals surface area contributed by atoms with E-state index in [1.807, 2.05) is 0 Å². The fourth-order valence-electron chi connectivity index (χ4n) is 1.65. The van der Waals surface area contributed by atoms with E-state index in [9.17, 15) is 21.6 Å². The molecule has 0 amide bonds. The molecule has 21 heavy (non-hydrogen) atoms. The summed E-state index contributed by atoms with van der Waals surface area (Å²) in [7, 11) is -4.27. The van der Waals surface area contributed by atoms with Gasteiger partial charge >= 0.3 is 6.18 Å². The minimum absolute atomic E-state index is 0.000178. The van der Waals surface area contributed by atoms with Crippen LogP contribution in [0.25, 0.3) is 0 Å². The lowest BCUT2D eigenvalue weighted by Crippen LogP contribution is -2.39. The minimum Gasteiger partial charge on any atom is -0.397 e. The van der Waals surface area contributed by atoms with Gasteiger partial charge in [-0.2, -0.15) is 17.5 Å². The molecule has 0 radical (unpaired) electrons. The quantitative estimate of drug-likeness (QED) is 0.805. The van der Waals surface area contributed by atoms with Crippen LogP contribution in [-0.2, 0) is 10.0 Å². The average molecular weight is 345 g/mol. The summed E-state index contributed by atoms with van der Waals surface area (Å²) < 4.78 is 62.7. The highest BCUT2D eigenvalue weighted by Gasteiger charge is 2.36. The van der Waals surface area contributed by atoms with E-state index in [1.54, 1.807) is 6.92 Å². The number of halogens is 4. The standard InChI is InChI=1S/C12H16ClF3N2O2S/c1-2-3-6-18(8-12(14,15)16)21(19,20)9-4-5-10(13)11(17)7-9/h4-5,7H,2-3,6,8,17H2,1H3. The number of anilines is 1. The fraction of sp³-hybridized carbons (Fsp3) is 0.500. The number of hydrogen-bond donors (Lipinski definition) is 1. The Morgan fingerprint density at radius 2 is 1.95 bits per heavy atom. The average Bonchev–Trinajstić information content (AvgIpc) is 2.36. The molecule has 0 aliphatic heterocycles. The third kappa shape index (κ3) is 5.05. The van der Waals surface area contributed by atoms with Gasteiger partial charge in [0.2, 0.25) is 10.0 Å². The van der Waals surface area contributed by atoms with Crippen LogP contribution in [0.15, 0.2) is 23.1 Å². The lowest BCUT2D eigenvalue weighted by Gasteiger charge is -2.23. The number of alkyl halides is 3. The Morgan fingerprint density at radius 3 is 2.43 bits per heavy atom. The highest BCUT2D eigenvalue weighted by molar-refractivity contribution is 7.89. The minimum atomic E-state index is -4.61. The van der Waals surface area contributed by atoms with Crippen LogP contribution < -0.4 is 5.73 Å². The fourth-order valence-corrected chi connectivity index (χ4v) is 3.27. The SMILES string of the molecule is CCCCN(CC(F)(F)F)S(=O)(=O)c1ccc(Cl)c(N)c1. The van der Waals surface area contributed by atoms with Crippen molar-refractivity contribution in [2.75, 3.05) is 18.8 Å². The molecule has 0 saturated heterocycles. The second-order valence-corrected chi connectivity index (χ2v) is 6.84. The van der Waals surface area contributed by atoms with Gasteiger partial charge in [-0.05, 0) is 24.6 Å². The van der Waals surface area contributed by atoms with Crippen LogP contribution in [0.5, 0.6) is 0 Å². The van der Waals surface area contributed by atoms with Crippen LogP contribution in [0.4, 0.5) is 18.9 Å². The van der Waals surface area contributed by atoms with Gasteiger partial charge in [-0.25, -0.2) is 8.42 Å². The van der Waals surface area contributed by atoms with E-state index in [1.165, 1.54) is 6.07 Å². The lowest BCUT2D eigenvalue weighted by atomic mass is 10.3. The van der Waals surface area contributed by atoms with E-state index in [0.717, 1.165) is 12.1 Å². The third-order valence-electron chi connectivity index (χ3n) is 2.72. The second kappa shape index (κ2) is 6.85. The number of hydrogen-bond acceptors (Lipinski definition) is 3. The summed E-state index contributed by atoms with van der Waals surface area (Å²) in [6, 6.07) is 3.45. The number of unbranched alkanes of at least 4 members (excludes halogenated alkanes) is 1. The summed E-state index contributed by atoms with van der Waals surface area (Å²) in [5.41, 5.74) is 5.51. The second-order valence-electron chi connectivity index (χ2n) is 4.49. The Balaban J connectivity index is 3.16. The summed E-state index contributed by atoms with van der Waals surface area (Å²) in [6.45, 7) is 0.0252. The Bertz CT molecular complexity index is 591. The number of nitrogen functional groups attached to an aromatic ring is 1. The van der Waals surface area contributed by atoms with Gasteiger partial charge in [0.25, 0.3) is 0 Å². The Hall–Kier alpha value is -0.990. The maximum atomic E-state index is 12.6. The Morgan fingerprint density at radius 1 is 1.33 bits per heavy atom. The summed E-state index contributed by atoms with van der Waals surface area (Å²) in [4.78, 5) is -0.301. The molecule has 0 heterocycles. The maximum absolute atomic E-state index is 12.6. The van der Waals surface area contributed by atoms with Gasteiger partial charge in [-0.15, -0.1) is 0 Å². The van der Waals surface area contributed by atoms with Crippen LogP contribution in [0.2, 0.25) is 5.02 Å². The number of benzene rings is 1. The molecule has 1 aromatic carbocycles. The molecule has 1 rings (SSSR count). The molecule has 0 aromatic heterocycles. The van der Waals surface area contributed by atoms with Crippen molar-refractivity contribution in [1.29, 1.82) is 0 Å². The molecule has 0 bridgehead atoms. The molecular formula is C12H16ClF3N2O2S. The van der Waals surface area contributed by atoms with E-state index >= 15 is 0 Å². The van der Waals surface area contributed by atoms with E-state index in [0.29, 0.717) is 17.1 Å². The van der Waals surface area contributed by atoms with Crippen molar-refractivity contribution < 1.29 is 21.6 Å². The van der Waals surface area contributed by atoms with E-state index in [-0.39, 0.29) is 22.2 Å².